The number of hydrogen-bond donors (Lipinski definition) is 3. The zero-order chi connectivity index (χ0) is 21.1. The summed E-state index contributed by atoms with van der Waals surface area (Å²) in [5.74, 6) is -0.205. The number of benzene rings is 2. The van der Waals surface area contributed by atoms with E-state index in [4.69, 9.17) is 19.3 Å². The van der Waals surface area contributed by atoms with Crippen LogP contribution in [0, 0.1) is 0 Å². The Balaban J connectivity index is 2.22. The summed E-state index contributed by atoms with van der Waals surface area (Å²) >= 11 is 0. The lowest BCUT2D eigenvalue weighted by atomic mass is 10.0. The van der Waals surface area contributed by atoms with Gasteiger partial charge in [0, 0.05) is 31.3 Å². The van der Waals surface area contributed by atoms with Gasteiger partial charge in [-0.05, 0) is 18.2 Å². The molecule has 0 bridgehead atoms. The number of aliphatic hydroxyl groups excluding tert-OH is 2. The second kappa shape index (κ2) is 11.8. The van der Waals surface area contributed by atoms with Gasteiger partial charge in [0.25, 0.3) is 5.91 Å². The van der Waals surface area contributed by atoms with Gasteiger partial charge >= 0.3 is 6.09 Å². The molecule has 2 aromatic rings. The molecule has 0 aliphatic heterocycles. The van der Waals surface area contributed by atoms with Crippen molar-refractivity contribution in [3.63, 3.8) is 0 Å². The van der Waals surface area contributed by atoms with Gasteiger partial charge in [-0.2, -0.15) is 0 Å². The van der Waals surface area contributed by atoms with Gasteiger partial charge in [-0.25, -0.2) is 4.79 Å². The number of ether oxygens (including phenoxy) is 3. The van der Waals surface area contributed by atoms with Crippen molar-refractivity contribution in [2.75, 3.05) is 26.9 Å². The second-order valence-corrected chi connectivity index (χ2v) is 6.04. The van der Waals surface area contributed by atoms with Crippen molar-refractivity contribution in [1.29, 1.82) is 0 Å². The first-order chi connectivity index (χ1) is 14.1. The molecule has 3 N–H and O–H groups in total. The third kappa shape index (κ3) is 6.56. The molecule has 0 heterocycles. The molecule has 0 aliphatic carbocycles. The number of amides is 2. The van der Waals surface area contributed by atoms with Crippen LogP contribution in [-0.4, -0.2) is 55.2 Å². The second-order valence-electron chi connectivity index (χ2n) is 6.04. The first-order valence-electron chi connectivity index (χ1n) is 9.14. The van der Waals surface area contributed by atoms with Crippen LogP contribution in [0.1, 0.15) is 28.4 Å². The predicted molar refractivity (Wildman–Crippen MR) is 105 cm³/mol. The molecule has 0 saturated carbocycles. The lowest BCUT2D eigenvalue weighted by molar-refractivity contribution is -0.0348. The lowest BCUT2D eigenvalue weighted by Gasteiger charge is -2.27. The highest BCUT2D eigenvalue weighted by Gasteiger charge is 2.30. The Kier molecular flexibility index (Phi) is 9.10. The fourth-order valence-electron chi connectivity index (χ4n) is 2.76. The lowest BCUT2D eigenvalue weighted by Crippen LogP contribution is -2.35. The summed E-state index contributed by atoms with van der Waals surface area (Å²) in [5.41, 5.74) is 0.801. The largest absolute Gasteiger partial charge is 0.491 e. The fourth-order valence-corrected chi connectivity index (χ4v) is 2.76. The van der Waals surface area contributed by atoms with Crippen molar-refractivity contribution in [3.05, 3.63) is 65.7 Å². The maximum Gasteiger partial charge on any atom is 0.414 e. The molecule has 0 saturated heterocycles. The summed E-state index contributed by atoms with van der Waals surface area (Å²) in [5, 5.41) is 20.6. The smallest absolute Gasteiger partial charge is 0.414 e. The SMILES string of the molecule is CO[C@@H](CCO)[C@@H](OC(=O)NC(=O)c1ccccc1)c1ccccc1OCCO. The van der Waals surface area contributed by atoms with Crippen LogP contribution >= 0.6 is 0 Å². The van der Waals surface area contributed by atoms with Crippen LogP contribution in [0.3, 0.4) is 0 Å². The molecule has 29 heavy (non-hydrogen) atoms. The summed E-state index contributed by atoms with van der Waals surface area (Å²) in [6.45, 7) is -0.321. The van der Waals surface area contributed by atoms with Crippen LogP contribution in [-0.2, 0) is 9.47 Å². The molecule has 8 nitrogen and oxygen atoms in total. The molecule has 0 unspecified atom stereocenters. The van der Waals surface area contributed by atoms with Gasteiger partial charge in [-0.3, -0.25) is 10.1 Å². The monoisotopic (exact) mass is 403 g/mol. The van der Waals surface area contributed by atoms with Crippen LogP contribution in [0.25, 0.3) is 0 Å². The van der Waals surface area contributed by atoms with Crippen molar-refractivity contribution in [3.8, 4) is 5.75 Å². The third-order valence-corrected chi connectivity index (χ3v) is 4.11. The normalized spacial score (nSPS) is 12.7. The number of aliphatic hydroxyl groups is 2. The van der Waals surface area contributed by atoms with Gasteiger partial charge in [0.2, 0.25) is 0 Å². The molecule has 8 heteroatoms. The van der Waals surface area contributed by atoms with Gasteiger partial charge in [-0.15, -0.1) is 0 Å². The number of hydrogen-bond acceptors (Lipinski definition) is 7. The molecule has 2 aromatic carbocycles. The number of nitrogens with one attached hydrogen (secondary N) is 1. The number of alkyl carbamates (subject to hydrolysis) is 1. The molecule has 0 aromatic heterocycles. The van der Waals surface area contributed by atoms with E-state index < -0.39 is 24.2 Å². The van der Waals surface area contributed by atoms with E-state index in [9.17, 15) is 14.7 Å². The number of carbonyl (C=O) groups is 2. The Labute approximate surface area is 169 Å². The number of para-hydroxylation sites is 1. The molecule has 0 fully saturated rings. The van der Waals surface area contributed by atoms with Crippen LogP contribution in [0.15, 0.2) is 54.6 Å². The molecular weight excluding hydrogens is 378 g/mol. The molecule has 2 atom stereocenters. The minimum Gasteiger partial charge on any atom is -0.491 e. The molecule has 2 amide bonds. The van der Waals surface area contributed by atoms with Crippen LogP contribution < -0.4 is 10.1 Å². The first-order valence-corrected chi connectivity index (χ1v) is 9.14. The van der Waals surface area contributed by atoms with E-state index in [1.54, 1.807) is 54.6 Å². The summed E-state index contributed by atoms with van der Waals surface area (Å²) < 4.78 is 16.4. The molecule has 0 radical (unpaired) electrons. The Morgan fingerprint density at radius 1 is 1.00 bits per heavy atom. The van der Waals surface area contributed by atoms with Crippen molar-refractivity contribution in [2.24, 2.45) is 0 Å². The Morgan fingerprint density at radius 3 is 2.34 bits per heavy atom. The maximum absolute atomic E-state index is 12.4. The fraction of sp³-hybridized carbons (Fsp3) is 0.333. The molecule has 156 valence electrons. The summed E-state index contributed by atoms with van der Waals surface area (Å²) in [6.07, 6.45) is -2.40. The quantitative estimate of drug-likeness (QED) is 0.556. The molecule has 2 rings (SSSR count). The van der Waals surface area contributed by atoms with Gasteiger partial charge in [0.05, 0.1) is 6.61 Å². The van der Waals surface area contributed by atoms with E-state index in [1.807, 2.05) is 0 Å². The average Bonchev–Trinajstić information content (AvgIpc) is 2.75. The Morgan fingerprint density at radius 2 is 1.69 bits per heavy atom. The van der Waals surface area contributed by atoms with Crippen molar-refractivity contribution in [1.82, 2.24) is 5.32 Å². The summed E-state index contributed by atoms with van der Waals surface area (Å²) in [7, 11) is 1.43. The topological polar surface area (TPSA) is 114 Å². The van der Waals surface area contributed by atoms with Crippen molar-refractivity contribution in [2.45, 2.75) is 18.6 Å². The van der Waals surface area contributed by atoms with Crippen LogP contribution in [0.5, 0.6) is 5.75 Å². The van der Waals surface area contributed by atoms with E-state index >= 15 is 0 Å². The van der Waals surface area contributed by atoms with Crippen LogP contribution in [0.2, 0.25) is 0 Å². The van der Waals surface area contributed by atoms with E-state index in [1.165, 1.54) is 7.11 Å². The third-order valence-electron chi connectivity index (χ3n) is 4.11. The Hall–Kier alpha value is -2.94. The highest BCUT2D eigenvalue weighted by molar-refractivity contribution is 6.02. The van der Waals surface area contributed by atoms with Gasteiger partial charge in [-0.1, -0.05) is 36.4 Å². The standard InChI is InChI=1S/C21H25NO7/c1-27-18(11-12-23)19(16-9-5-6-10-17(16)28-14-13-24)29-21(26)22-20(25)15-7-3-2-4-8-15/h2-10,18-19,23-24H,11-14H2,1H3,(H,22,25,26)/t18-,19-/m0/s1. The Bertz CT molecular complexity index is 782. The molecule has 0 aliphatic rings. The van der Waals surface area contributed by atoms with Gasteiger partial charge in [0.1, 0.15) is 18.5 Å². The highest BCUT2D eigenvalue weighted by Crippen LogP contribution is 2.32. The van der Waals surface area contributed by atoms with E-state index in [0.29, 0.717) is 16.9 Å². The maximum atomic E-state index is 12.4. The summed E-state index contributed by atoms with van der Waals surface area (Å²) in [6, 6.07) is 15.1. The zero-order valence-electron chi connectivity index (χ0n) is 16.1. The highest BCUT2D eigenvalue weighted by atomic mass is 16.6. The number of carbonyl (C=O) groups excluding carboxylic acids is 2. The molecule has 0 spiro atoms. The average molecular weight is 403 g/mol. The van der Waals surface area contributed by atoms with E-state index in [-0.39, 0.29) is 26.2 Å². The van der Waals surface area contributed by atoms with Gasteiger partial charge < -0.3 is 24.4 Å². The predicted octanol–water partition coefficient (Wildman–Crippen LogP) is 2.06. The number of imide groups is 1. The first kappa shape index (κ1) is 22.4. The van der Waals surface area contributed by atoms with Gasteiger partial charge in [0.15, 0.2) is 6.10 Å². The van der Waals surface area contributed by atoms with E-state index in [2.05, 4.69) is 5.32 Å². The van der Waals surface area contributed by atoms with Crippen molar-refractivity contribution >= 4 is 12.0 Å². The number of methoxy groups -OCH3 is 1. The van der Waals surface area contributed by atoms with Crippen molar-refractivity contribution < 1.29 is 34.0 Å². The van der Waals surface area contributed by atoms with E-state index in [0.717, 1.165) is 0 Å². The number of rotatable bonds is 10. The van der Waals surface area contributed by atoms with Crippen LogP contribution in [0.4, 0.5) is 4.79 Å². The molecular formula is C21H25NO7. The minimum absolute atomic E-state index is 0.0556. The zero-order valence-corrected chi connectivity index (χ0v) is 16.1. The minimum atomic E-state index is -0.958. The summed E-state index contributed by atoms with van der Waals surface area (Å²) in [4.78, 5) is 24.6.